The van der Waals surface area contributed by atoms with Gasteiger partial charge in [-0.15, -0.1) is 0 Å². The number of nitrogens with zero attached hydrogens (tertiary/aromatic N) is 1. The Hall–Kier alpha value is -1.06. The summed E-state index contributed by atoms with van der Waals surface area (Å²) in [5.41, 5.74) is -0.160. The van der Waals surface area contributed by atoms with E-state index in [1.807, 2.05) is 51.2 Å². The second-order valence-corrected chi connectivity index (χ2v) is 4.91. The molecule has 0 aliphatic heterocycles. The van der Waals surface area contributed by atoms with Gasteiger partial charge in [-0.25, -0.2) is 0 Å². The first-order valence-corrected chi connectivity index (χ1v) is 6.06. The summed E-state index contributed by atoms with van der Waals surface area (Å²) in [5.74, 6) is 0.913. The van der Waals surface area contributed by atoms with Crippen molar-refractivity contribution >= 4 is 0 Å². The number of likely N-dealkylation sites (N-methyl/N-ethyl adjacent to an activating group) is 1. The highest BCUT2D eigenvalue weighted by atomic mass is 16.5. The lowest BCUT2D eigenvalue weighted by atomic mass is 10.1. The molecule has 0 unspecified atom stereocenters. The Kier molecular flexibility index (Phi) is 5.45. The molecule has 1 aromatic rings. The van der Waals surface area contributed by atoms with Gasteiger partial charge in [-0.1, -0.05) is 18.2 Å². The van der Waals surface area contributed by atoms with Gasteiger partial charge in [0.05, 0.1) is 13.2 Å². The molecule has 0 heterocycles. The van der Waals surface area contributed by atoms with Gasteiger partial charge in [0.1, 0.15) is 5.75 Å². The summed E-state index contributed by atoms with van der Waals surface area (Å²) in [6.45, 7) is 5.86. The lowest BCUT2D eigenvalue weighted by Gasteiger charge is -2.33. The van der Waals surface area contributed by atoms with Gasteiger partial charge in [-0.3, -0.25) is 4.90 Å². The number of aliphatic hydroxyl groups excluding tert-OH is 1. The third kappa shape index (κ3) is 4.75. The minimum atomic E-state index is -0.160. The van der Waals surface area contributed by atoms with Crippen LogP contribution in [0.15, 0.2) is 30.3 Å². The molecule has 3 nitrogen and oxygen atoms in total. The number of hydrogen-bond acceptors (Lipinski definition) is 3. The normalized spacial score (nSPS) is 11.8. The van der Waals surface area contributed by atoms with Crippen molar-refractivity contribution in [3.8, 4) is 5.75 Å². The molecular formula is C14H23NO2. The van der Waals surface area contributed by atoms with E-state index in [-0.39, 0.29) is 12.1 Å². The van der Waals surface area contributed by atoms with Crippen LogP contribution in [-0.2, 0) is 0 Å². The van der Waals surface area contributed by atoms with Crippen molar-refractivity contribution in [1.29, 1.82) is 0 Å². The Morgan fingerprint density at radius 3 is 2.47 bits per heavy atom. The van der Waals surface area contributed by atoms with E-state index in [4.69, 9.17) is 4.74 Å². The lowest BCUT2D eigenvalue weighted by molar-refractivity contribution is 0.0747. The van der Waals surface area contributed by atoms with E-state index in [9.17, 15) is 5.11 Å². The Balaban J connectivity index is 2.21. The molecule has 1 rings (SSSR count). The summed E-state index contributed by atoms with van der Waals surface area (Å²) >= 11 is 0. The maximum absolute atomic E-state index is 9.23. The van der Waals surface area contributed by atoms with Crippen LogP contribution in [0.3, 0.4) is 0 Å². The SMILES string of the molecule is CN(CCCOc1ccccc1)C(C)(C)CO. The van der Waals surface area contributed by atoms with Crippen molar-refractivity contribution in [2.24, 2.45) is 0 Å². The summed E-state index contributed by atoms with van der Waals surface area (Å²) in [5, 5.41) is 9.23. The number of rotatable bonds is 7. The third-order valence-corrected chi connectivity index (χ3v) is 3.07. The van der Waals surface area contributed by atoms with Crippen LogP contribution < -0.4 is 4.74 Å². The van der Waals surface area contributed by atoms with Gasteiger partial charge in [0, 0.05) is 12.1 Å². The van der Waals surface area contributed by atoms with Crippen molar-refractivity contribution in [2.45, 2.75) is 25.8 Å². The molecule has 17 heavy (non-hydrogen) atoms. The standard InChI is InChI=1S/C14H23NO2/c1-14(2,12-16)15(3)10-7-11-17-13-8-5-4-6-9-13/h4-6,8-9,16H,7,10-12H2,1-3H3. The van der Waals surface area contributed by atoms with Gasteiger partial charge in [0.25, 0.3) is 0 Å². The zero-order valence-corrected chi connectivity index (χ0v) is 11.0. The van der Waals surface area contributed by atoms with Crippen LogP contribution in [-0.4, -0.2) is 42.4 Å². The maximum atomic E-state index is 9.23. The molecule has 0 amide bonds. The summed E-state index contributed by atoms with van der Waals surface area (Å²) in [7, 11) is 2.03. The van der Waals surface area contributed by atoms with Crippen molar-refractivity contribution in [1.82, 2.24) is 4.90 Å². The number of benzene rings is 1. The molecule has 0 aliphatic carbocycles. The molecule has 0 bridgehead atoms. The number of ether oxygens (including phenoxy) is 1. The number of hydrogen-bond donors (Lipinski definition) is 1. The quantitative estimate of drug-likeness (QED) is 0.738. The second kappa shape index (κ2) is 6.62. The fraction of sp³-hybridized carbons (Fsp3) is 0.571. The molecule has 0 atom stereocenters. The van der Waals surface area contributed by atoms with Crippen LogP contribution in [0.1, 0.15) is 20.3 Å². The first kappa shape index (κ1) is 14.0. The van der Waals surface area contributed by atoms with E-state index < -0.39 is 0 Å². The monoisotopic (exact) mass is 237 g/mol. The van der Waals surface area contributed by atoms with Crippen molar-refractivity contribution in [3.05, 3.63) is 30.3 Å². The first-order valence-electron chi connectivity index (χ1n) is 6.06. The van der Waals surface area contributed by atoms with Crippen LogP contribution in [0.2, 0.25) is 0 Å². The van der Waals surface area contributed by atoms with E-state index in [0.29, 0.717) is 6.61 Å². The molecular weight excluding hydrogens is 214 g/mol. The zero-order valence-electron chi connectivity index (χ0n) is 11.0. The topological polar surface area (TPSA) is 32.7 Å². The maximum Gasteiger partial charge on any atom is 0.119 e. The molecule has 1 N–H and O–H groups in total. The molecule has 0 saturated heterocycles. The average molecular weight is 237 g/mol. The first-order chi connectivity index (χ1) is 8.06. The van der Waals surface area contributed by atoms with Gasteiger partial charge in [-0.2, -0.15) is 0 Å². The molecule has 0 fully saturated rings. The fourth-order valence-electron chi connectivity index (χ4n) is 1.43. The molecule has 96 valence electrons. The molecule has 0 aliphatic rings. The summed E-state index contributed by atoms with van der Waals surface area (Å²) in [6, 6.07) is 9.83. The Labute approximate surface area is 104 Å². The summed E-state index contributed by atoms with van der Waals surface area (Å²) in [6.07, 6.45) is 0.953. The summed E-state index contributed by atoms with van der Waals surface area (Å²) < 4.78 is 5.61. The number of aliphatic hydroxyl groups is 1. The van der Waals surface area contributed by atoms with E-state index >= 15 is 0 Å². The second-order valence-electron chi connectivity index (χ2n) is 4.91. The van der Waals surface area contributed by atoms with Crippen LogP contribution in [0.25, 0.3) is 0 Å². The summed E-state index contributed by atoms with van der Waals surface area (Å²) in [4.78, 5) is 2.15. The van der Waals surface area contributed by atoms with Crippen LogP contribution in [0.5, 0.6) is 5.75 Å². The van der Waals surface area contributed by atoms with E-state index in [1.54, 1.807) is 0 Å². The molecule has 0 spiro atoms. The largest absolute Gasteiger partial charge is 0.494 e. The third-order valence-electron chi connectivity index (χ3n) is 3.07. The van der Waals surface area contributed by atoms with Gasteiger partial charge < -0.3 is 9.84 Å². The predicted octanol–water partition coefficient (Wildman–Crippen LogP) is 2.16. The van der Waals surface area contributed by atoms with Crippen molar-refractivity contribution in [3.63, 3.8) is 0 Å². The van der Waals surface area contributed by atoms with Crippen LogP contribution in [0.4, 0.5) is 0 Å². The minimum absolute atomic E-state index is 0.160. The average Bonchev–Trinajstić information content (AvgIpc) is 2.35. The Bertz CT molecular complexity index is 311. The molecule has 0 saturated carbocycles. The highest BCUT2D eigenvalue weighted by Crippen LogP contribution is 2.12. The highest BCUT2D eigenvalue weighted by Gasteiger charge is 2.21. The van der Waals surface area contributed by atoms with Crippen molar-refractivity contribution in [2.75, 3.05) is 26.8 Å². The smallest absolute Gasteiger partial charge is 0.119 e. The minimum Gasteiger partial charge on any atom is -0.494 e. The van der Waals surface area contributed by atoms with Gasteiger partial charge in [0.15, 0.2) is 0 Å². The Morgan fingerprint density at radius 1 is 1.24 bits per heavy atom. The van der Waals surface area contributed by atoms with Crippen molar-refractivity contribution < 1.29 is 9.84 Å². The molecule has 0 aromatic heterocycles. The predicted molar refractivity (Wildman–Crippen MR) is 70.3 cm³/mol. The highest BCUT2D eigenvalue weighted by molar-refractivity contribution is 5.20. The molecule has 1 aromatic carbocycles. The van der Waals surface area contributed by atoms with Gasteiger partial charge >= 0.3 is 0 Å². The van der Waals surface area contributed by atoms with Crippen LogP contribution in [0, 0.1) is 0 Å². The van der Waals surface area contributed by atoms with E-state index in [1.165, 1.54) is 0 Å². The zero-order chi connectivity index (χ0) is 12.7. The van der Waals surface area contributed by atoms with Gasteiger partial charge in [0.2, 0.25) is 0 Å². The number of para-hydroxylation sites is 1. The van der Waals surface area contributed by atoms with E-state index in [2.05, 4.69) is 4.90 Å². The molecule has 3 heteroatoms. The van der Waals surface area contributed by atoms with Gasteiger partial charge in [-0.05, 0) is 39.4 Å². The molecule has 0 radical (unpaired) electrons. The fourth-order valence-corrected chi connectivity index (χ4v) is 1.43. The lowest BCUT2D eigenvalue weighted by Crippen LogP contribution is -2.44. The van der Waals surface area contributed by atoms with E-state index in [0.717, 1.165) is 18.7 Å². The van der Waals surface area contributed by atoms with Crippen LogP contribution >= 0.6 is 0 Å². The Morgan fingerprint density at radius 2 is 1.88 bits per heavy atom.